The van der Waals surface area contributed by atoms with Crippen LogP contribution in [0.2, 0.25) is 0 Å². The van der Waals surface area contributed by atoms with Crippen LogP contribution >= 0.6 is 0 Å². The average molecular weight is 460 g/mol. The molecule has 7 heteroatoms. The summed E-state index contributed by atoms with van der Waals surface area (Å²) in [7, 11) is 0. The number of fused-ring (bicyclic) bond motifs is 2. The Hall–Kier alpha value is -4.36. The maximum absolute atomic E-state index is 4.78. The van der Waals surface area contributed by atoms with Gasteiger partial charge in [0.2, 0.25) is 0 Å². The Kier molecular flexibility index (Phi) is 5.52. The quantitative estimate of drug-likeness (QED) is 0.329. The van der Waals surface area contributed by atoms with Gasteiger partial charge in [-0.2, -0.15) is 5.10 Å². The van der Waals surface area contributed by atoms with Crippen LogP contribution in [0.5, 0.6) is 0 Å². The molecule has 7 nitrogen and oxygen atoms in total. The number of hydrogen-bond donors (Lipinski definition) is 2. The van der Waals surface area contributed by atoms with Crippen LogP contribution in [0.25, 0.3) is 39.1 Å². The van der Waals surface area contributed by atoms with Crippen molar-refractivity contribution in [2.75, 3.05) is 6.54 Å². The van der Waals surface area contributed by atoms with Crippen molar-refractivity contribution in [1.29, 1.82) is 0 Å². The molecule has 0 radical (unpaired) electrons. The zero-order chi connectivity index (χ0) is 23.6. The zero-order valence-electron chi connectivity index (χ0n) is 19.4. The van der Waals surface area contributed by atoms with Gasteiger partial charge in [-0.05, 0) is 67.9 Å². The normalized spacial score (nSPS) is 11.5. The zero-order valence-corrected chi connectivity index (χ0v) is 19.4. The number of pyridine rings is 3. The molecule has 0 atom stereocenters. The predicted octanol–water partition coefficient (Wildman–Crippen LogP) is 4.98. The van der Waals surface area contributed by atoms with E-state index < -0.39 is 0 Å². The van der Waals surface area contributed by atoms with E-state index in [1.165, 1.54) is 10.9 Å². The van der Waals surface area contributed by atoms with E-state index in [1.54, 1.807) is 10.8 Å². The molecule has 35 heavy (non-hydrogen) atoms. The molecule has 0 bridgehead atoms. The topological polar surface area (TPSA) is 83.8 Å². The lowest BCUT2D eigenvalue weighted by Crippen LogP contribution is -2.17. The van der Waals surface area contributed by atoms with Crippen LogP contribution in [0, 0.1) is 6.92 Å². The molecule has 0 aliphatic rings. The summed E-state index contributed by atoms with van der Waals surface area (Å²) in [6.45, 7) is 3.61. The van der Waals surface area contributed by atoms with Gasteiger partial charge in [-0.15, -0.1) is 0 Å². The van der Waals surface area contributed by atoms with Gasteiger partial charge in [0.25, 0.3) is 0 Å². The molecular weight excluding hydrogens is 434 g/mol. The fraction of sp³-hybridized carbons (Fsp3) is 0.143. The van der Waals surface area contributed by atoms with E-state index in [4.69, 9.17) is 4.98 Å². The Morgan fingerprint density at radius 3 is 2.86 bits per heavy atom. The van der Waals surface area contributed by atoms with Crippen molar-refractivity contribution in [1.82, 2.24) is 34.9 Å². The second kappa shape index (κ2) is 9.12. The Morgan fingerprint density at radius 2 is 1.91 bits per heavy atom. The number of hydrogen-bond acceptors (Lipinski definition) is 5. The molecule has 1 aromatic carbocycles. The van der Waals surface area contributed by atoms with Crippen LogP contribution in [0.1, 0.15) is 17.0 Å². The minimum atomic E-state index is 0.730. The summed E-state index contributed by atoms with van der Waals surface area (Å²) in [6, 6.07) is 22.8. The first-order valence-electron chi connectivity index (χ1n) is 11.7. The lowest BCUT2D eigenvalue weighted by atomic mass is 10.1. The molecule has 172 valence electrons. The summed E-state index contributed by atoms with van der Waals surface area (Å²) in [5.41, 5.74) is 9.35. The number of nitrogens with one attached hydrogen (secondary N) is 2. The lowest BCUT2D eigenvalue weighted by Gasteiger charge is -2.07. The molecule has 6 aromatic rings. The monoisotopic (exact) mass is 459 g/mol. The maximum Gasteiger partial charge on any atom is 0.155 e. The molecular formula is C28H25N7. The molecule has 0 aliphatic carbocycles. The highest BCUT2D eigenvalue weighted by Crippen LogP contribution is 2.32. The van der Waals surface area contributed by atoms with E-state index in [9.17, 15) is 0 Å². The first kappa shape index (κ1) is 21.2. The van der Waals surface area contributed by atoms with Crippen LogP contribution in [-0.2, 0) is 13.0 Å². The summed E-state index contributed by atoms with van der Waals surface area (Å²) < 4.78 is 1.79. The highest BCUT2D eigenvalue weighted by Gasteiger charge is 2.14. The molecule has 0 spiro atoms. The van der Waals surface area contributed by atoms with Crippen molar-refractivity contribution in [3.8, 4) is 22.5 Å². The maximum atomic E-state index is 4.78. The third-order valence-corrected chi connectivity index (χ3v) is 6.22. The molecule has 6 rings (SSSR count). The standard InChI is InChI=1S/C28H25N7/c1-19-5-2-9-26(33-19)24-15-22(34-28(24)21-10-11-27-31-18-32-35(27)17-21)16-29-14-12-20-6-3-8-25-23(20)7-4-13-30-25/h2-11,13,15,17-18,29,34H,12,14,16H2,1H3. The summed E-state index contributed by atoms with van der Waals surface area (Å²) in [6.07, 6.45) is 6.35. The van der Waals surface area contributed by atoms with Crippen molar-refractivity contribution in [2.24, 2.45) is 0 Å². The molecule has 0 unspecified atom stereocenters. The fourth-order valence-corrected chi connectivity index (χ4v) is 4.52. The van der Waals surface area contributed by atoms with Gasteiger partial charge in [0.1, 0.15) is 6.33 Å². The third-order valence-electron chi connectivity index (χ3n) is 6.22. The van der Waals surface area contributed by atoms with Crippen LogP contribution in [0.15, 0.2) is 85.5 Å². The minimum Gasteiger partial charge on any atom is -0.357 e. The molecule has 0 aliphatic heterocycles. The van der Waals surface area contributed by atoms with Gasteiger partial charge in [0.15, 0.2) is 5.65 Å². The average Bonchev–Trinajstić information content (AvgIpc) is 3.53. The Bertz CT molecular complexity index is 1620. The van der Waals surface area contributed by atoms with Crippen LogP contribution in [0.3, 0.4) is 0 Å². The highest BCUT2D eigenvalue weighted by atomic mass is 15.3. The second-order valence-corrected chi connectivity index (χ2v) is 8.64. The van der Waals surface area contributed by atoms with E-state index >= 15 is 0 Å². The van der Waals surface area contributed by atoms with Gasteiger partial charge in [-0.3, -0.25) is 9.97 Å². The fourth-order valence-electron chi connectivity index (χ4n) is 4.52. The van der Waals surface area contributed by atoms with Crippen molar-refractivity contribution in [2.45, 2.75) is 19.9 Å². The van der Waals surface area contributed by atoms with E-state index in [-0.39, 0.29) is 0 Å². The Morgan fingerprint density at radius 1 is 0.971 bits per heavy atom. The van der Waals surface area contributed by atoms with Crippen LogP contribution < -0.4 is 5.32 Å². The Balaban J connectivity index is 1.25. The molecule has 2 N–H and O–H groups in total. The first-order chi connectivity index (χ1) is 17.2. The van der Waals surface area contributed by atoms with Crippen molar-refractivity contribution in [3.05, 3.63) is 102 Å². The SMILES string of the molecule is Cc1cccc(-c2cc(CNCCc3cccc4ncccc34)[nH]c2-c2ccc3ncnn3c2)n1. The third kappa shape index (κ3) is 4.29. The number of aromatic amines is 1. The predicted molar refractivity (Wildman–Crippen MR) is 138 cm³/mol. The second-order valence-electron chi connectivity index (χ2n) is 8.64. The van der Waals surface area contributed by atoms with Crippen LogP contribution in [0.4, 0.5) is 0 Å². The lowest BCUT2D eigenvalue weighted by molar-refractivity contribution is 0.679. The van der Waals surface area contributed by atoms with Crippen molar-refractivity contribution < 1.29 is 0 Å². The van der Waals surface area contributed by atoms with Gasteiger partial charge < -0.3 is 10.3 Å². The number of aryl methyl sites for hydroxylation is 1. The summed E-state index contributed by atoms with van der Waals surface area (Å²) in [4.78, 5) is 17.1. The number of rotatable bonds is 7. The molecule has 0 amide bonds. The van der Waals surface area contributed by atoms with E-state index in [0.717, 1.165) is 64.6 Å². The van der Waals surface area contributed by atoms with Gasteiger partial charge in [-0.25, -0.2) is 9.50 Å². The van der Waals surface area contributed by atoms with Crippen LogP contribution in [-0.4, -0.2) is 36.1 Å². The van der Waals surface area contributed by atoms with Gasteiger partial charge in [-0.1, -0.05) is 24.3 Å². The smallest absolute Gasteiger partial charge is 0.155 e. The molecule has 5 aromatic heterocycles. The van der Waals surface area contributed by atoms with E-state index in [1.807, 2.05) is 43.6 Å². The van der Waals surface area contributed by atoms with E-state index in [0.29, 0.717) is 0 Å². The van der Waals surface area contributed by atoms with E-state index in [2.05, 4.69) is 67.8 Å². The first-order valence-corrected chi connectivity index (χ1v) is 11.7. The molecule has 0 fully saturated rings. The van der Waals surface area contributed by atoms with Gasteiger partial charge in [0, 0.05) is 46.8 Å². The summed E-state index contributed by atoms with van der Waals surface area (Å²) in [5.74, 6) is 0. The van der Waals surface area contributed by atoms with Crippen molar-refractivity contribution in [3.63, 3.8) is 0 Å². The van der Waals surface area contributed by atoms with Gasteiger partial charge >= 0.3 is 0 Å². The molecule has 5 heterocycles. The molecule has 0 saturated carbocycles. The number of aromatic nitrogens is 6. The number of H-pyrrole nitrogens is 1. The number of nitrogens with zero attached hydrogens (tertiary/aromatic N) is 5. The summed E-state index contributed by atoms with van der Waals surface area (Å²) >= 11 is 0. The number of benzene rings is 1. The Labute approximate surface area is 202 Å². The largest absolute Gasteiger partial charge is 0.357 e. The molecule has 0 saturated heterocycles. The van der Waals surface area contributed by atoms with Crippen molar-refractivity contribution >= 4 is 16.6 Å². The minimum absolute atomic E-state index is 0.730. The highest BCUT2D eigenvalue weighted by molar-refractivity contribution is 5.82. The van der Waals surface area contributed by atoms with Gasteiger partial charge in [0.05, 0.1) is 16.9 Å². The summed E-state index contributed by atoms with van der Waals surface area (Å²) in [5, 5.41) is 9.11.